The molecule has 132 valence electrons. The summed E-state index contributed by atoms with van der Waals surface area (Å²) in [5.74, 6) is 0.0509. The molecule has 2 N–H and O–H groups in total. The van der Waals surface area contributed by atoms with Crippen LogP contribution in [0.4, 0.5) is 5.69 Å². The van der Waals surface area contributed by atoms with Gasteiger partial charge in [-0.2, -0.15) is 0 Å². The lowest BCUT2D eigenvalue weighted by Gasteiger charge is -2.11. The molecule has 0 saturated carbocycles. The van der Waals surface area contributed by atoms with Gasteiger partial charge in [-0.1, -0.05) is 23.7 Å². The minimum atomic E-state index is -3.88. The van der Waals surface area contributed by atoms with Crippen molar-refractivity contribution in [1.29, 1.82) is 0 Å². The minimum absolute atomic E-state index is 0.0364. The highest BCUT2D eigenvalue weighted by atomic mass is 35.5. The molecule has 2 aromatic rings. The highest BCUT2D eigenvalue weighted by Gasteiger charge is 2.17. The Kier molecular flexibility index (Phi) is 6.06. The van der Waals surface area contributed by atoms with E-state index >= 15 is 0 Å². The lowest BCUT2D eigenvalue weighted by Crippen LogP contribution is -2.23. The first-order valence-corrected chi connectivity index (χ1v) is 9.09. The van der Waals surface area contributed by atoms with E-state index in [1.807, 2.05) is 0 Å². The molecular weight excluding hydrogens is 364 g/mol. The SMILES string of the molecule is C=CCNC(=O)c1cccc(S(=O)(=O)Nc2ccc(OC)c(Cl)c2)c1. The average molecular weight is 381 g/mol. The monoisotopic (exact) mass is 380 g/mol. The summed E-state index contributed by atoms with van der Waals surface area (Å²) in [6.07, 6.45) is 1.54. The van der Waals surface area contributed by atoms with Gasteiger partial charge < -0.3 is 10.1 Å². The first kappa shape index (κ1) is 18.8. The van der Waals surface area contributed by atoms with Crippen molar-refractivity contribution in [3.63, 3.8) is 0 Å². The fourth-order valence-corrected chi connectivity index (χ4v) is 3.37. The van der Waals surface area contributed by atoms with E-state index in [9.17, 15) is 13.2 Å². The number of benzene rings is 2. The Labute approximate surface area is 151 Å². The molecule has 2 aromatic carbocycles. The quantitative estimate of drug-likeness (QED) is 0.723. The van der Waals surface area contributed by atoms with Gasteiger partial charge in [-0.3, -0.25) is 9.52 Å². The number of hydrogen-bond acceptors (Lipinski definition) is 4. The number of hydrogen-bond donors (Lipinski definition) is 2. The molecule has 0 aliphatic carbocycles. The second-order valence-corrected chi connectivity index (χ2v) is 7.07. The summed E-state index contributed by atoms with van der Waals surface area (Å²) in [6.45, 7) is 3.80. The molecule has 0 aromatic heterocycles. The van der Waals surface area contributed by atoms with Crippen LogP contribution >= 0.6 is 11.6 Å². The summed E-state index contributed by atoms with van der Waals surface area (Å²) in [6, 6.07) is 10.3. The number of amides is 1. The summed E-state index contributed by atoms with van der Waals surface area (Å²) < 4.78 is 32.5. The normalized spacial score (nSPS) is 10.8. The highest BCUT2D eigenvalue weighted by molar-refractivity contribution is 7.92. The van der Waals surface area contributed by atoms with Gasteiger partial charge in [0.15, 0.2) is 0 Å². The summed E-state index contributed by atoms with van der Waals surface area (Å²) >= 11 is 6.00. The van der Waals surface area contributed by atoms with Gasteiger partial charge in [-0.25, -0.2) is 8.42 Å². The van der Waals surface area contributed by atoms with Gasteiger partial charge in [0.25, 0.3) is 15.9 Å². The third kappa shape index (κ3) is 4.74. The zero-order valence-corrected chi connectivity index (χ0v) is 15.0. The van der Waals surface area contributed by atoms with E-state index in [-0.39, 0.29) is 27.1 Å². The largest absolute Gasteiger partial charge is 0.495 e. The fourth-order valence-electron chi connectivity index (χ4n) is 2.02. The van der Waals surface area contributed by atoms with Crippen molar-refractivity contribution in [2.45, 2.75) is 4.90 Å². The zero-order chi connectivity index (χ0) is 18.4. The van der Waals surface area contributed by atoms with Crippen LogP contribution in [0.25, 0.3) is 0 Å². The van der Waals surface area contributed by atoms with E-state index in [0.29, 0.717) is 12.3 Å². The molecule has 0 saturated heterocycles. The van der Waals surface area contributed by atoms with Crippen molar-refractivity contribution in [3.8, 4) is 5.75 Å². The molecule has 0 spiro atoms. The molecule has 8 heteroatoms. The Bertz CT molecular complexity index is 897. The molecule has 0 atom stereocenters. The maximum atomic E-state index is 12.5. The van der Waals surface area contributed by atoms with Crippen LogP contribution in [0.15, 0.2) is 60.0 Å². The summed E-state index contributed by atoms with van der Waals surface area (Å²) in [5, 5.41) is 2.87. The van der Waals surface area contributed by atoms with E-state index in [0.717, 1.165) is 0 Å². The van der Waals surface area contributed by atoms with Gasteiger partial charge in [0.1, 0.15) is 5.75 Å². The number of anilines is 1. The fraction of sp³-hybridized carbons (Fsp3) is 0.118. The molecular formula is C17H17ClN2O4S. The van der Waals surface area contributed by atoms with E-state index < -0.39 is 10.0 Å². The molecule has 0 aliphatic heterocycles. The number of ether oxygens (including phenoxy) is 1. The van der Waals surface area contributed by atoms with Gasteiger partial charge in [0, 0.05) is 12.1 Å². The molecule has 0 aliphatic rings. The van der Waals surface area contributed by atoms with Crippen molar-refractivity contribution in [1.82, 2.24) is 5.32 Å². The van der Waals surface area contributed by atoms with Crippen molar-refractivity contribution in [2.24, 2.45) is 0 Å². The van der Waals surface area contributed by atoms with E-state index in [2.05, 4.69) is 16.6 Å². The van der Waals surface area contributed by atoms with Crippen molar-refractivity contribution < 1.29 is 17.9 Å². The maximum Gasteiger partial charge on any atom is 0.261 e. The molecule has 6 nitrogen and oxygen atoms in total. The zero-order valence-electron chi connectivity index (χ0n) is 13.5. The number of carbonyl (C=O) groups is 1. The van der Waals surface area contributed by atoms with Crippen molar-refractivity contribution in [3.05, 3.63) is 65.7 Å². The van der Waals surface area contributed by atoms with Gasteiger partial charge in [0.2, 0.25) is 0 Å². The standard InChI is InChI=1S/C17H17ClN2O4S/c1-3-9-19-17(21)12-5-4-6-14(10-12)25(22,23)20-13-7-8-16(24-2)15(18)11-13/h3-8,10-11,20H,1,9H2,2H3,(H,19,21). The molecule has 0 unspecified atom stereocenters. The first-order valence-electron chi connectivity index (χ1n) is 7.23. The average Bonchev–Trinajstić information content (AvgIpc) is 2.59. The lowest BCUT2D eigenvalue weighted by atomic mass is 10.2. The summed E-state index contributed by atoms with van der Waals surface area (Å²) in [7, 11) is -2.41. The first-order chi connectivity index (χ1) is 11.9. The Hall–Kier alpha value is -2.51. The van der Waals surface area contributed by atoms with Crippen molar-refractivity contribution in [2.75, 3.05) is 18.4 Å². The predicted molar refractivity (Wildman–Crippen MR) is 97.8 cm³/mol. The van der Waals surface area contributed by atoms with Crippen LogP contribution in [0.3, 0.4) is 0 Å². The van der Waals surface area contributed by atoms with Crippen LogP contribution in [0.2, 0.25) is 5.02 Å². The van der Waals surface area contributed by atoms with Gasteiger partial charge >= 0.3 is 0 Å². The van der Waals surface area contributed by atoms with E-state index in [1.165, 1.54) is 49.6 Å². The van der Waals surface area contributed by atoms with E-state index in [4.69, 9.17) is 16.3 Å². The van der Waals surface area contributed by atoms with Crippen LogP contribution in [0.5, 0.6) is 5.75 Å². The molecule has 0 bridgehead atoms. The maximum absolute atomic E-state index is 12.5. The number of sulfonamides is 1. The van der Waals surface area contributed by atoms with Gasteiger partial charge in [-0.15, -0.1) is 6.58 Å². The molecule has 0 radical (unpaired) electrons. The molecule has 1 amide bonds. The Morgan fingerprint density at radius 1 is 1.28 bits per heavy atom. The minimum Gasteiger partial charge on any atom is -0.495 e. The number of carbonyl (C=O) groups excluding carboxylic acids is 1. The molecule has 0 fully saturated rings. The molecule has 2 rings (SSSR count). The van der Waals surface area contributed by atoms with Gasteiger partial charge in [-0.05, 0) is 36.4 Å². The second-order valence-electron chi connectivity index (χ2n) is 4.98. The third-order valence-corrected chi connectivity index (χ3v) is 4.89. The lowest BCUT2D eigenvalue weighted by molar-refractivity contribution is 0.0958. The summed E-state index contributed by atoms with van der Waals surface area (Å²) in [5.41, 5.74) is 0.518. The third-order valence-electron chi connectivity index (χ3n) is 3.22. The van der Waals surface area contributed by atoms with Crippen LogP contribution in [-0.2, 0) is 10.0 Å². The molecule has 0 heterocycles. The van der Waals surface area contributed by atoms with Crippen LogP contribution < -0.4 is 14.8 Å². The highest BCUT2D eigenvalue weighted by Crippen LogP contribution is 2.28. The predicted octanol–water partition coefficient (Wildman–Crippen LogP) is 3.07. The van der Waals surface area contributed by atoms with Crippen LogP contribution in [-0.4, -0.2) is 28.0 Å². The molecule has 25 heavy (non-hydrogen) atoms. The van der Waals surface area contributed by atoms with E-state index in [1.54, 1.807) is 6.07 Å². The Balaban J connectivity index is 2.26. The second kappa shape index (κ2) is 8.04. The number of methoxy groups -OCH3 is 1. The Morgan fingerprint density at radius 2 is 2.04 bits per heavy atom. The smallest absolute Gasteiger partial charge is 0.261 e. The Morgan fingerprint density at radius 3 is 2.68 bits per heavy atom. The topological polar surface area (TPSA) is 84.5 Å². The number of nitrogens with one attached hydrogen (secondary N) is 2. The van der Waals surface area contributed by atoms with Crippen LogP contribution in [0.1, 0.15) is 10.4 Å². The number of halogens is 1. The summed E-state index contributed by atoms with van der Waals surface area (Å²) in [4.78, 5) is 11.9. The number of rotatable bonds is 7. The van der Waals surface area contributed by atoms with Gasteiger partial charge in [0.05, 0.1) is 22.7 Å². The van der Waals surface area contributed by atoms with Crippen LogP contribution in [0, 0.1) is 0 Å². The van der Waals surface area contributed by atoms with Crippen molar-refractivity contribution >= 4 is 33.2 Å².